The Labute approximate surface area is 56.1 Å². The molecule has 1 heterocycles. The molecule has 48 valence electrons. The highest BCUT2D eigenvalue weighted by Crippen LogP contribution is 2.17. The summed E-state index contributed by atoms with van der Waals surface area (Å²) in [5, 5.41) is 10.8. The molecule has 0 amide bonds. The third-order valence-electron chi connectivity index (χ3n) is 0.776. The molecule has 0 atom stereocenters. The molecule has 0 saturated carbocycles. The molecule has 1 N–H and O–H groups in total. The minimum atomic E-state index is 0.588. The normalized spacial score (nSPS) is 9.00. The van der Waals surface area contributed by atoms with Gasteiger partial charge in [0.15, 0.2) is 6.40 Å². The van der Waals surface area contributed by atoms with E-state index in [1.165, 1.54) is 0 Å². The van der Waals surface area contributed by atoms with Crippen molar-refractivity contribution < 1.29 is 4.74 Å². The van der Waals surface area contributed by atoms with Crippen molar-refractivity contribution in [1.29, 1.82) is 5.41 Å². The molecule has 0 aliphatic rings. The largest absolute Gasteiger partial charge is 0.432 e. The molecular formula is C4H5N3OS. The van der Waals surface area contributed by atoms with E-state index in [4.69, 9.17) is 10.1 Å². The lowest BCUT2D eigenvalue weighted by atomic mass is 10.6. The number of hydrogen-bond acceptors (Lipinski definition) is 5. The summed E-state index contributed by atoms with van der Waals surface area (Å²) in [7, 11) is 0. The van der Waals surface area contributed by atoms with E-state index >= 15 is 0 Å². The molecule has 0 aliphatic carbocycles. The van der Waals surface area contributed by atoms with Crippen LogP contribution in [-0.2, 0) is 0 Å². The van der Waals surface area contributed by atoms with E-state index in [-0.39, 0.29) is 0 Å². The van der Waals surface area contributed by atoms with Crippen LogP contribution in [0.3, 0.4) is 0 Å². The van der Waals surface area contributed by atoms with Crippen LogP contribution in [0.15, 0.2) is 0 Å². The van der Waals surface area contributed by atoms with E-state index in [9.17, 15) is 0 Å². The van der Waals surface area contributed by atoms with Crippen molar-refractivity contribution >= 4 is 17.9 Å². The second kappa shape index (κ2) is 2.54. The first-order valence-electron chi connectivity index (χ1n) is 2.29. The maximum absolute atomic E-state index is 6.58. The van der Waals surface area contributed by atoms with Crippen LogP contribution >= 0.6 is 11.5 Å². The Morgan fingerprint density at radius 2 is 2.56 bits per heavy atom. The standard InChI is InChI=1S/C4H5N3OS/c1-3-4(8-2-5)9-7-6-3/h2,5H,1H3. The summed E-state index contributed by atoms with van der Waals surface area (Å²) in [5.74, 6) is 0. The van der Waals surface area contributed by atoms with Crippen molar-refractivity contribution in [2.24, 2.45) is 0 Å². The third kappa shape index (κ3) is 1.23. The van der Waals surface area contributed by atoms with Gasteiger partial charge < -0.3 is 4.74 Å². The lowest BCUT2D eigenvalue weighted by molar-refractivity contribution is 0.579. The first-order valence-corrected chi connectivity index (χ1v) is 3.06. The zero-order chi connectivity index (χ0) is 6.69. The topological polar surface area (TPSA) is 58.9 Å². The Morgan fingerprint density at radius 1 is 1.78 bits per heavy atom. The van der Waals surface area contributed by atoms with Gasteiger partial charge in [-0.15, -0.1) is 5.10 Å². The molecule has 0 unspecified atom stereocenters. The van der Waals surface area contributed by atoms with E-state index in [1.54, 1.807) is 6.92 Å². The fraction of sp³-hybridized carbons (Fsp3) is 0.250. The molecule has 0 saturated heterocycles. The first-order chi connectivity index (χ1) is 4.34. The highest BCUT2D eigenvalue weighted by Gasteiger charge is 2.00. The minimum Gasteiger partial charge on any atom is -0.432 e. The highest BCUT2D eigenvalue weighted by molar-refractivity contribution is 7.07. The van der Waals surface area contributed by atoms with E-state index in [2.05, 4.69) is 9.59 Å². The fourth-order valence-electron chi connectivity index (χ4n) is 0.386. The van der Waals surface area contributed by atoms with Crippen LogP contribution < -0.4 is 4.74 Å². The van der Waals surface area contributed by atoms with Crippen molar-refractivity contribution in [3.05, 3.63) is 5.69 Å². The van der Waals surface area contributed by atoms with Crippen molar-refractivity contribution in [1.82, 2.24) is 9.59 Å². The van der Waals surface area contributed by atoms with Crippen molar-refractivity contribution in [2.75, 3.05) is 0 Å². The van der Waals surface area contributed by atoms with Gasteiger partial charge in [-0.3, -0.25) is 5.41 Å². The molecule has 4 nitrogen and oxygen atoms in total. The summed E-state index contributed by atoms with van der Waals surface area (Å²) in [5.41, 5.74) is 0.725. The number of aromatic nitrogens is 2. The van der Waals surface area contributed by atoms with Crippen LogP contribution in [0.1, 0.15) is 5.69 Å². The van der Waals surface area contributed by atoms with Gasteiger partial charge in [0.05, 0.1) is 0 Å². The van der Waals surface area contributed by atoms with Gasteiger partial charge in [0, 0.05) is 11.5 Å². The molecule has 0 bridgehead atoms. The van der Waals surface area contributed by atoms with Gasteiger partial charge in [0.1, 0.15) is 5.69 Å². The van der Waals surface area contributed by atoms with E-state index in [0.29, 0.717) is 5.06 Å². The van der Waals surface area contributed by atoms with Crippen LogP contribution in [0.5, 0.6) is 5.06 Å². The molecule has 0 radical (unpaired) electrons. The van der Waals surface area contributed by atoms with Crippen LogP contribution in [-0.4, -0.2) is 16.0 Å². The summed E-state index contributed by atoms with van der Waals surface area (Å²) in [6.45, 7) is 1.78. The number of nitrogens with zero attached hydrogens (tertiary/aromatic N) is 2. The SMILES string of the molecule is Cc1nnsc1OC=N. The Balaban J connectivity index is 2.80. The van der Waals surface area contributed by atoms with E-state index in [0.717, 1.165) is 23.6 Å². The van der Waals surface area contributed by atoms with Crippen LogP contribution in [0.2, 0.25) is 0 Å². The Bertz CT molecular complexity index is 209. The summed E-state index contributed by atoms with van der Waals surface area (Å²) in [4.78, 5) is 0. The number of nitrogens with one attached hydrogen (secondary N) is 1. The molecule has 0 aromatic carbocycles. The number of aryl methyl sites for hydroxylation is 1. The maximum Gasteiger partial charge on any atom is 0.224 e. The average molecular weight is 143 g/mol. The summed E-state index contributed by atoms with van der Waals surface area (Å²) in [6, 6.07) is 0. The van der Waals surface area contributed by atoms with Gasteiger partial charge in [0.2, 0.25) is 5.06 Å². The highest BCUT2D eigenvalue weighted by atomic mass is 32.1. The third-order valence-corrected chi connectivity index (χ3v) is 1.50. The quantitative estimate of drug-likeness (QED) is 0.492. The monoisotopic (exact) mass is 143 g/mol. The smallest absolute Gasteiger partial charge is 0.224 e. The van der Waals surface area contributed by atoms with Crippen LogP contribution in [0, 0.1) is 12.3 Å². The molecule has 1 rings (SSSR count). The lowest BCUT2D eigenvalue weighted by Crippen LogP contribution is -1.85. The number of ether oxygens (including phenoxy) is 1. The summed E-state index contributed by atoms with van der Waals surface area (Å²) >= 11 is 1.14. The number of rotatable bonds is 2. The molecule has 0 spiro atoms. The fourth-order valence-corrected chi connectivity index (χ4v) is 0.887. The predicted molar refractivity (Wildman–Crippen MR) is 34.1 cm³/mol. The average Bonchev–Trinajstić information content (AvgIpc) is 2.18. The van der Waals surface area contributed by atoms with Crippen molar-refractivity contribution in [2.45, 2.75) is 6.92 Å². The Hall–Kier alpha value is -0.970. The number of hydrogen-bond donors (Lipinski definition) is 1. The zero-order valence-corrected chi connectivity index (χ0v) is 5.60. The first kappa shape index (κ1) is 6.15. The maximum atomic E-state index is 6.58. The van der Waals surface area contributed by atoms with E-state index in [1.807, 2.05) is 0 Å². The van der Waals surface area contributed by atoms with Crippen molar-refractivity contribution in [3.8, 4) is 5.06 Å². The summed E-state index contributed by atoms with van der Waals surface area (Å²) in [6.07, 6.45) is 0.863. The van der Waals surface area contributed by atoms with Gasteiger partial charge in [0.25, 0.3) is 0 Å². The Morgan fingerprint density at radius 3 is 3.00 bits per heavy atom. The minimum absolute atomic E-state index is 0.588. The molecule has 0 fully saturated rings. The van der Waals surface area contributed by atoms with Crippen molar-refractivity contribution in [3.63, 3.8) is 0 Å². The van der Waals surface area contributed by atoms with Crippen LogP contribution in [0.4, 0.5) is 0 Å². The van der Waals surface area contributed by atoms with Gasteiger partial charge in [-0.25, -0.2) is 0 Å². The zero-order valence-electron chi connectivity index (χ0n) is 4.79. The lowest BCUT2D eigenvalue weighted by Gasteiger charge is -1.88. The second-order valence-electron chi connectivity index (χ2n) is 1.38. The summed E-state index contributed by atoms with van der Waals surface area (Å²) < 4.78 is 8.32. The van der Waals surface area contributed by atoms with Gasteiger partial charge in [-0.2, -0.15) is 0 Å². The molecule has 9 heavy (non-hydrogen) atoms. The van der Waals surface area contributed by atoms with Crippen LogP contribution in [0.25, 0.3) is 0 Å². The molecule has 0 aliphatic heterocycles. The van der Waals surface area contributed by atoms with Gasteiger partial charge in [-0.05, 0) is 6.92 Å². The Kier molecular flexibility index (Phi) is 1.74. The second-order valence-corrected chi connectivity index (χ2v) is 2.10. The van der Waals surface area contributed by atoms with Gasteiger partial charge in [-0.1, -0.05) is 4.49 Å². The van der Waals surface area contributed by atoms with E-state index < -0.39 is 0 Å². The predicted octanol–water partition coefficient (Wildman–Crippen LogP) is 0.832. The van der Waals surface area contributed by atoms with Gasteiger partial charge >= 0.3 is 0 Å². The molecule has 1 aromatic rings. The molecular weight excluding hydrogens is 138 g/mol. The molecule has 1 aromatic heterocycles. The molecule has 5 heteroatoms.